The van der Waals surface area contributed by atoms with Gasteiger partial charge in [0.15, 0.2) is 5.78 Å². The van der Waals surface area contributed by atoms with E-state index in [0.717, 1.165) is 23.5 Å². The van der Waals surface area contributed by atoms with Gasteiger partial charge in [0.25, 0.3) is 0 Å². The van der Waals surface area contributed by atoms with Crippen LogP contribution in [-0.4, -0.2) is 15.2 Å². The molecule has 2 aromatic heterocycles. The summed E-state index contributed by atoms with van der Waals surface area (Å²) in [5, 5.41) is 0. The average Bonchev–Trinajstić information content (AvgIpc) is 2.71. The molecule has 0 aromatic carbocycles. The second kappa shape index (κ2) is 7.02. The Labute approximate surface area is 128 Å². The molecule has 0 unspecified atom stereocenters. The first kappa shape index (κ1) is 16.5. The molecule has 3 rings (SSSR count). The first-order valence-electron chi connectivity index (χ1n) is 5.27. The van der Waals surface area contributed by atoms with Gasteiger partial charge in [-0.15, -0.1) is 12.3 Å². The molecule has 0 N–H and O–H groups in total. The Kier molecular flexibility index (Phi) is 6.80. The van der Waals surface area contributed by atoms with Crippen molar-refractivity contribution in [1.82, 2.24) is 9.38 Å². The minimum atomic E-state index is 0. The molecule has 0 saturated heterocycles. The molecule has 0 aliphatic carbocycles. The number of aryl methyl sites for hydroxylation is 1. The summed E-state index contributed by atoms with van der Waals surface area (Å²) in [7, 11) is 0. The molecule has 1 aliphatic heterocycles. The van der Waals surface area contributed by atoms with E-state index in [0.29, 0.717) is 6.42 Å². The maximum atomic E-state index is 11.5. The Balaban J connectivity index is 0.000000611. The standard InChI is InChI=1S/C10H7N2O.C2H6.CH3.Y/c13-9-5-4-7-6-11-10-3-1-2-8(9)12(7)10;1-2;;/h1-3H,4-5H2;1-2H3;1H3;/q-1;;-1;. The van der Waals surface area contributed by atoms with Crippen molar-refractivity contribution in [2.24, 2.45) is 0 Å². The Morgan fingerprint density at radius 2 is 2.00 bits per heavy atom. The van der Waals surface area contributed by atoms with Gasteiger partial charge in [0.2, 0.25) is 0 Å². The number of Topliss-reactive ketones (excluding diaryl/α,β-unsaturated/α-hetero) is 1. The van der Waals surface area contributed by atoms with E-state index in [-0.39, 0.29) is 45.9 Å². The third-order valence-electron chi connectivity index (χ3n) is 2.41. The van der Waals surface area contributed by atoms with Crippen LogP contribution in [-0.2, 0) is 39.1 Å². The number of nitrogens with zero attached hydrogens (tertiary/aromatic N) is 2. The van der Waals surface area contributed by atoms with Crippen LogP contribution in [0.2, 0.25) is 0 Å². The number of rotatable bonds is 0. The molecule has 0 spiro atoms. The topological polar surface area (TPSA) is 34.4 Å². The minimum absolute atomic E-state index is 0. The molecule has 0 saturated carbocycles. The fraction of sp³-hybridized carbons (Fsp3) is 0.308. The van der Waals surface area contributed by atoms with Crippen molar-refractivity contribution in [3.05, 3.63) is 43.2 Å². The van der Waals surface area contributed by atoms with Gasteiger partial charge in [-0.3, -0.25) is 4.79 Å². The van der Waals surface area contributed by atoms with Crippen molar-refractivity contribution in [3.8, 4) is 0 Å². The van der Waals surface area contributed by atoms with Crippen molar-refractivity contribution >= 4 is 11.4 Å². The summed E-state index contributed by atoms with van der Waals surface area (Å²) in [5.74, 6) is 0.199. The molecule has 89 valence electrons. The summed E-state index contributed by atoms with van der Waals surface area (Å²) in [6.07, 6.45) is 4.28. The van der Waals surface area contributed by atoms with Gasteiger partial charge < -0.3 is 16.8 Å². The molecule has 17 heavy (non-hydrogen) atoms. The van der Waals surface area contributed by atoms with Crippen molar-refractivity contribution in [2.45, 2.75) is 26.7 Å². The number of carbonyl (C=O) groups excluding carboxylic acids is 1. The maximum absolute atomic E-state index is 11.5. The third-order valence-corrected chi connectivity index (χ3v) is 2.41. The van der Waals surface area contributed by atoms with Gasteiger partial charge in [0.05, 0.1) is 5.69 Å². The number of hydrogen-bond acceptors (Lipinski definition) is 2. The van der Waals surface area contributed by atoms with Crippen LogP contribution >= 0.6 is 0 Å². The predicted molar refractivity (Wildman–Crippen MR) is 64.4 cm³/mol. The van der Waals surface area contributed by atoms with Crippen LogP contribution in [0.3, 0.4) is 0 Å². The molecule has 0 atom stereocenters. The van der Waals surface area contributed by atoms with Crippen LogP contribution in [0.25, 0.3) is 5.65 Å². The van der Waals surface area contributed by atoms with Gasteiger partial charge in [-0.05, 0) is 18.1 Å². The van der Waals surface area contributed by atoms with Crippen LogP contribution < -0.4 is 0 Å². The van der Waals surface area contributed by atoms with Crippen LogP contribution in [0.1, 0.15) is 36.5 Å². The van der Waals surface area contributed by atoms with Crippen molar-refractivity contribution in [2.75, 3.05) is 0 Å². The van der Waals surface area contributed by atoms with E-state index in [2.05, 4.69) is 11.2 Å². The molecule has 2 aromatic rings. The number of aromatic nitrogens is 2. The molecule has 1 radical (unpaired) electrons. The van der Waals surface area contributed by atoms with Gasteiger partial charge in [0.1, 0.15) is 0 Å². The summed E-state index contributed by atoms with van der Waals surface area (Å²) < 4.78 is 1.89. The third kappa shape index (κ3) is 2.83. The van der Waals surface area contributed by atoms with Gasteiger partial charge in [0, 0.05) is 39.1 Å². The Hall–Kier alpha value is -0.536. The normalized spacial score (nSPS) is 12.0. The number of ketones is 1. The van der Waals surface area contributed by atoms with Crippen molar-refractivity contribution in [3.63, 3.8) is 0 Å². The van der Waals surface area contributed by atoms with E-state index in [1.165, 1.54) is 0 Å². The largest absolute Gasteiger partial charge is 0.435 e. The van der Waals surface area contributed by atoms with Gasteiger partial charge in [-0.1, -0.05) is 25.6 Å². The Morgan fingerprint density at radius 1 is 1.29 bits per heavy atom. The molecular formula is C13H16N2OY-2. The fourth-order valence-electron chi connectivity index (χ4n) is 1.79. The van der Waals surface area contributed by atoms with E-state index >= 15 is 0 Å². The quantitative estimate of drug-likeness (QED) is 0.701. The van der Waals surface area contributed by atoms with Gasteiger partial charge >= 0.3 is 0 Å². The van der Waals surface area contributed by atoms with E-state index in [9.17, 15) is 4.79 Å². The van der Waals surface area contributed by atoms with Crippen LogP contribution in [0.4, 0.5) is 0 Å². The van der Waals surface area contributed by atoms with E-state index in [4.69, 9.17) is 0 Å². The molecule has 0 bridgehead atoms. The molecule has 0 fully saturated rings. The first-order valence-corrected chi connectivity index (χ1v) is 5.27. The summed E-state index contributed by atoms with van der Waals surface area (Å²) >= 11 is 0. The molecule has 0 amide bonds. The van der Waals surface area contributed by atoms with E-state index in [1.807, 2.05) is 36.4 Å². The van der Waals surface area contributed by atoms with Crippen molar-refractivity contribution in [1.29, 1.82) is 0 Å². The maximum Gasteiger partial charge on any atom is 0.178 e. The molecule has 1 aliphatic rings. The molecular weight excluding hydrogens is 289 g/mol. The van der Waals surface area contributed by atoms with Crippen LogP contribution in [0, 0.1) is 13.6 Å². The first-order chi connectivity index (χ1) is 7.36. The second-order valence-corrected chi connectivity index (χ2v) is 3.20. The number of imidazole rings is 1. The fourth-order valence-corrected chi connectivity index (χ4v) is 1.79. The number of hydrogen-bond donors (Lipinski definition) is 0. The zero-order valence-corrected chi connectivity index (χ0v) is 13.4. The smallest absolute Gasteiger partial charge is 0.178 e. The number of pyridine rings is 1. The summed E-state index contributed by atoms with van der Waals surface area (Å²) in [6, 6.07) is 5.59. The Morgan fingerprint density at radius 3 is 2.71 bits per heavy atom. The minimum Gasteiger partial charge on any atom is -0.435 e. The Bertz CT molecular complexity index is 505. The van der Waals surface area contributed by atoms with Gasteiger partial charge in [-0.2, -0.15) is 0 Å². The predicted octanol–water partition coefficient (Wildman–Crippen LogP) is 2.74. The molecule has 3 nitrogen and oxygen atoms in total. The molecule has 4 heteroatoms. The van der Waals surface area contributed by atoms with Crippen LogP contribution in [0.15, 0.2) is 18.2 Å². The second-order valence-electron chi connectivity index (χ2n) is 3.20. The van der Waals surface area contributed by atoms with E-state index < -0.39 is 0 Å². The summed E-state index contributed by atoms with van der Waals surface area (Å²) in [5.41, 5.74) is 2.58. The summed E-state index contributed by atoms with van der Waals surface area (Å²) in [4.78, 5) is 15.6. The SMILES string of the molecule is CC.O=C1CCc2[c-]nc3cccc1n23.[CH3-].[Y]. The monoisotopic (exact) mass is 305 g/mol. The number of carbonyl (C=O) groups is 1. The van der Waals surface area contributed by atoms with Gasteiger partial charge in [-0.25, -0.2) is 0 Å². The van der Waals surface area contributed by atoms with E-state index in [1.54, 1.807) is 0 Å². The summed E-state index contributed by atoms with van der Waals surface area (Å²) in [6.45, 7) is 4.00. The average molecular weight is 305 g/mol. The van der Waals surface area contributed by atoms with Crippen molar-refractivity contribution < 1.29 is 37.5 Å². The van der Waals surface area contributed by atoms with Crippen LogP contribution in [0.5, 0.6) is 0 Å². The molecule has 3 heterocycles. The zero-order chi connectivity index (χ0) is 10.8. The zero-order valence-electron chi connectivity index (χ0n) is 10.5.